The molecule has 8 nitrogen and oxygen atoms in total. The van der Waals surface area contributed by atoms with Crippen LogP contribution in [0, 0.1) is 21.4 Å². The lowest BCUT2D eigenvalue weighted by molar-refractivity contribution is -0.387. The van der Waals surface area contributed by atoms with Gasteiger partial charge < -0.3 is 4.42 Å². The van der Waals surface area contributed by atoms with Crippen molar-refractivity contribution in [2.24, 2.45) is 0 Å². The molecule has 21 heavy (non-hydrogen) atoms. The second-order valence-electron chi connectivity index (χ2n) is 3.96. The quantitative estimate of drug-likeness (QED) is 0.659. The molecule has 0 atom stereocenters. The first-order chi connectivity index (χ1) is 9.94. The van der Waals surface area contributed by atoms with Crippen molar-refractivity contribution in [2.75, 3.05) is 0 Å². The maximum Gasteiger partial charge on any atom is 0.290 e. The Bertz CT molecular complexity index is 806. The van der Waals surface area contributed by atoms with Crippen molar-refractivity contribution in [3.8, 4) is 6.07 Å². The van der Waals surface area contributed by atoms with E-state index in [9.17, 15) is 18.5 Å². The van der Waals surface area contributed by atoms with Crippen LogP contribution in [0.5, 0.6) is 0 Å². The summed E-state index contributed by atoms with van der Waals surface area (Å²) in [6.07, 6.45) is 1.38. The molecule has 0 bridgehead atoms. The SMILES string of the molecule is N#Cc1ccc(S(=O)(=O)NCc2ccco2)c([N+](=O)[O-])c1. The molecule has 1 aromatic carbocycles. The van der Waals surface area contributed by atoms with Gasteiger partial charge in [-0.1, -0.05) is 0 Å². The van der Waals surface area contributed by atoms with Gasteiger partial charge in [0.2, 0.25) is 10.0 Å². The van der Waals surface area contributed by atoms with Crippen molar-refractivity contribution >= 4 is 15.7 Å². The van der Waals surface area contributed by atoms with Gasteiger partial charge in [0, 0.05) is 6.07 Å². The third-order valence-corrected chi connectivity index (χ3v) is 4.04. The van der Waals surface area contributed by atoms with E-state index in [1.165, 1.54) is 12.3 Å². The van der Waals surface area contributed by atoms with Crippen LogP contribution in [-0.2, 0) is 16.6 Å². The van der Waals surface area contributed by atoms with Crippen LogP contribution in [0.15, 0.2) is 45.9 Å². The fraction of sp³-hybridized carbons (Fsp3) is 0.0833. The van der Waals surface area contributed by atoms with Crippen LogP contribution in [0.1, 0.15) is 11.3 Å². The molecular weight excluding hydrogens is 298 g/mol. The molecule has 0 spiro atoms. The number of hydrogen-bond donors (Lipinski definition) is 1. The number of nitro groups is 1. The molecule has 0 aliphatic carbocycles. The maximum atomic E-state index is 12.1. The summed E-state index contributed by atoms with van der Waals surface area (Å²) in [5, 5.41) is 19.7. The fourth-order valence-electron chi connectivity index (χ4n) is 1.61. The first-order valence-electron chi connectivity index (χ1n) is 5.64. The summed E-state index contributed by atoms with van der Waals surface area (Å²) in [5.74, 6) is 0.370. The molecule has 0 fully saturated rings. The summed E-state index contributed by atoms with van der Waals surface area (Å²) in [7, 11) is -4.10. The van der Waals surface area contributed by atoms with E-state index in [1.807, 2.05) is 0 Å². The number of furan rings is 1. The minimum absolute atomic E-state index is 0.00619. The van der Waals surface area contributed by atoms with Crippen molar-refractivity contribution in [3.63, 3.8) is 0 Å². The summed E-state index contributed by atoms with van der Waals surface area (Å²) in [5.41, 5.74) is -0.646. The monoisotopic (exact) mass is 307 g/mol. The number of nitrogens with zero attached hydrogens (tertiary/aromatic N) is 2. The van der Waals surface area contributed by atoms with E-state index >= 15 is 0 Å². The topological polar surface area (TPSA) is 126 Å². The normalized spacial score (nSPS) is 11.0. The Morgan fingerprint density at radius 3 is 2.71 bits per heavy atom. The summed E-state index contributed by atoms with van der Waals surface area (Å²) in [4.78, 5) is 9.61. The Balaban J connectivity index is 2.35. The molecule has 0 radical (unpaired) electrons. The zero-order chi connectivity index (χ0) is 15.5. The number of nitro benzene ring substituents is 1. The molecule has 1 heterocycles. The molecule has 2 rings (SSSR count). The smallest absolute Gasteiger partial charge is 0.290 e. The Hall–Kier alpha value is -2.70. The molecule has 0 unspecified atom stereocenters. The van der Waals surface area contributed by atoms with Crippen LogP contribution >= 0.6 is 0 Å². The van der Waals surface area contributed by atoms with E-state index in [4.69, 9.17) is 9.68 Å². The van der Waals surface area contributed by atoms with Gasteiger partial charge in [-0.2, -0.15) is 5.26 Å². The molecule has 0 aliphatic rings. The number of nitriles is 1. The van der Waals surface area contributed by atoms with Gasteiger partial charge in [0.15, 0.2) is 4.90 Å². The largest absolute Gasteiger partial charge is 0.468 e. The van der Waals surface area contributed by atoms with Gasteiger partial charge in [0.1, 0.15) is 5.76 Å². The second-order valence-corrected chi connectivity index (χ2v) is 5.69. The van der Waals surface area contributed by atoms with Gasteiger partial charge in [-0.15, -0.1) is 0 Å². The maximum absolute atomic E-state index is 12.1. The lowest BCUT2D eigenvalue weighted by Crippen LogP contribution is -2.23. The molecule has 108 valence electrons. The first-order valence-corrected chi connectivity index (χ1v) is 7.13. The van der Waals surface area contributed by atoms with E-state index in [-0.39, 0.29) is 12.1 Å². The van der Waals surface area contributed by atoms with Crippen molar-refractivity contribution in [2.45, 2.75) is 11.4 Å². The van der Waals surface area contributed by atoms with E-state index in [1.54, 1.807) is 18.2 Å². The van der Waals surface area contributed by atoms with Gasteiger partial charge in [0.05, 0.1) is 29.4 Å². The highest BCUT2D eigenvalue weighted by atomic mass is 32.2. The Labute approximate surface area is 119 Å². The summed E-state index contributed by atoms with van der Waals surface area (Å²) in [6.45, 7) is -0.132. The average molecular weight is 307 g/mol. The van der Waals surface area contributed by atoms with Gasteiger partial charge >= 0.3 is 0 Å². The van der Waals surface area contributed by atoms with Crippen LogP contribution in [0.4, 0.5) is 5.69 Å². The molecule has 2 aromatic rings. The van der Waals surface area contributed by atoms with Crippen LogP contribution in [0.3, 0.4) is 0 Å². The molecule has 1 N–H and O–H groups in total. The molecule has 0 amide bonds. The van der Waals surface area contributed by atoms with Crippen molar-refractivity contribution in [3.05, 3.63) is 58.0 Å². The van der Waals surface area contributed by atoms with Crippen molar-refractivity contribution in [1.82, 2.24) is 4.72 Å². The van der Waals surface area contributed by atoms with Crippen LogP contribution < -0.4 is 4.72 Å². The summed E-state index contributed by atoms with van der Waals surface area (Å²) < 4.78 is 31.4. The van der Waals surface area contributed by atoms with Gasteiger partial charge in [-0.25, -0.2) is 13.1 Å². The Kier molecular flexibility index (Phi) is 4.02. The predicted molar refractivity (Wildman–Crippen MR) is 70.5 cm³/mol. The third kappa shape index (κ3) is 3.25. The highest BCUT2D eigenvalue weighted by Gasteiger charge is 2.26. The fourth-order valence-corrected chi connectivity index (χ4v) is 2.76. The number of rotatable bonds is 5. The number of benzene rings is 1. The van der Waals surface area contributed by atoms with Gasteiger partial charge in [-0.05, 0) is 24.3 Å². The lowest BCUT2D eigenvalue weighted by Gasteiger charge is -2.06. The van der Waals surface area contributed by atoms with E-state index < -0.39 is 25.5 Å². The van der Waals surface area contributed by atoms with Crippen LogP contribution in [0.25, 0.3) is 0 Å². The van der Waals surface area contributed by atoms with Crippen molar-refractivity contribution < 1.29 is 17.8 Å². The number of nitrogens with one attached hydrogen (secondary N) is 1. The van der Waals surface area contributed by atoms with E-state index in [2.05, 4.69) is 4.72 Å². The minimum atomic E-state index is -4.10. The highest BCUT2D eigenvalue weighted by Crippen LogP contribution is 2.24. The number of hydrogen-bond acceptors (Lipinski definition) is 6. The zero-order valence-corrected chi connectivity index (χ0v) is 11.3. The second kappa shape index (κ2) is 5.74. The highest BCUT2D eigenvalue weighted by molar-refractivity contribution is 7.89. The molecule has 0 saturated carbocycles. The van der Waals surface area contributed by atoms with Crippen LogP contribution in [0.2, 0.25) is 0 Å². The third-order valence-electron chi connectivity index (χ3n) is 2.59. The van der Waals surface area contributed by atoms with Gasteiger partial charge in [0.25, 0.3) is 5.69 Å². The van der Waals surface area contributed by atoms with E-state index in [0.717, 1.165) is 12.1 Å². The standard InChI is InChI=1S/C12H9N3O5S/c13-7-9-3-4-12(11(6-9)15(16)17)21(18,19)14-8-10-2-1-5-20-10/h1-6,14H,8H2. The summed E-state index contributed by atoms with van der Waals surface area (Å²) in [6, 6.07) is 8.03. The zero-order valence-electron chi connectivity index (χ0n) is 10.5. The number of sulfonamides is 1. The molecular formula is C12H9N3O5S. The summed E-state index contributed by atoms with van der Waals surface area (Å²) >= 11 is 0. The molecule has 0 aliphatic heterocycles. The molecule has 1 aromatic heterocycles. The van der Waals surface area contributed by atoms with Crippen LogP contribution in [-0.4, -0.2) is 13.3 Å². The molecule has 0 saturated heterocycles. The van der Waals surface area contributed by atoms with Gasteiger partial charge in [-0.3, -0.25) is 10.1 Å². The molecule has 9 heteroatoms. The first kappa shape index (κ1) is 14.7. The lowest BCUT2D eigenvalue weighted by atomic mass is 10.2. The van der Waals surface area contributed by atoms with Crippen molar-refractivity contribution in [1.29, 1.82) is 5.26 Å². The minimum Gasteiger partial charge on any atom is -0.468 e. The average Bonchev–Trinajstić information content (AvgIpc) is 2.98. The predicted octanol–water partition coefficient (Wildman–Crippen LogP) is 1.54. The van der Waals surface area contributed by atoms with E-state index in [0.29, 0.717) is 5.76 Å². The Morgan fingerprint density at radius 1 is 1.38 bits per heavy atom. The Morgan fingerprint density at radius 2 is 2.14 bits per heavy atom.